The number of carbonyl (C=O) groups excluding carboxylic acids is 1. The Morgan fingerprint density at radius 1 is 1.09 bits per heavy atom. The molecule has 1 aliphatic carbocycles. The third-order valence-corrected chi connectivity index (χ3v) is 4.30. The first-order valence-electron chi connectivity index (χ1n) is 7.87. The molecule has 1 heterocycles. The number of nitrogens with one attached hydrogen (secondary N) is 2. The van der Waals surface area contributed by atoms with Crippen LogP contribution in [0.25, 0.3) is 0 Å². The fourth-order valence-electron chi connectivity index (χ4n) is 2.71. The Kier molecular flexibility index (Phi) is 5.08. The summed E-state index contributed by atoms with van der Waals surface area (Å²) in [4.78, 5) is 20.6. The van der Waals surface area contributed by atoms with Gasteiger partial charge in [-0.25, -0.2) is 9.97 Å². The number of benzene rings is 1. The first kappa shape index (κ1) is 15.7. The molecule has 1 saturated carbocycles. The largest absolute Gasteiger partial charge is 0.349 e. The summed E-state index contributed by atoms with van der Waals surface area (Å²) in [7, 11) is 0. The van der Waals surface area contributed by atoms with Gasteiger partial charge in [-0.05, 0) is 25.0 Å². The van der Waals surface area contributed by atoms with E-state index in [0.717, 1.165) is 18.5 Å². The summed E-state index contributed by atoms with van der Waals surface area (Å²) >= 11 is 6.08. The van der Waals surface area contributed by atoms with E-state index in [4.69, 9.17) is 11.6 Å². The molecule has 5 nitrogen and oxygen atoms in total. The van der Waals surface area contributed by atoms with Gasteiger partial charge in [0, 0.05) is 18.4 Å². The molecule has 2 aromatic rings. The van der Waals surface area contributed by atoms with Crippen LogP contribution in [0.5, 0.6) is 0 Å². The van der Waals surface area contributed by atoms with Crippen molar-refractivity contribution in [1.29, 1.82) is 0 Å². The van der Waals surface area contributed by atoms with E-state index >= 15 is 0 Å². The molecule has 0 unspecified atom stereocenters. The van der Waals surface area contributed by atoms with E-state index in [0.29, 0.717) is 16.5 Å². The number of amides is 1. The number of carbonyl (C=O) groups is 1. The molecule has 1 aromatic carbocycles. The molecule has 2 N–H and O–H groups in total. The Balaban J connectivity index is 1.62. The molecule has 120 valence electrons. The summed E-state index contributed by atoms with van der Waals surface area (Å²) in [6.07, 6.45) is 8.80. The molecule has 1 aromatic heterocycles. The number of halogens is 1. The number of anilines is 2. The molecule has 0 saturated heterocycles. The van der Waals surface area contributed by atoms with E-state index in [1.807, 2.05) is 18.2 Å². The topological polar surface area (TPSA) is 66.9 Å². The summed E-state index contributed by atoms with van der Waals surface area (Å²) in [6.45, 7) is 0. The van der Waals surface area contributed by atoms with Gasteiger partial charge in [0.2, 0.25) is 5.95 Å². The zero-order chi connectivity index (χ0) is 16.1. The van der Waals surface area contributed by atoms with Crippen molar-refractivity contribution in [2.24, 2.45) is 0 Å². The molecule has 0 aliphatic heterocycles. The highest BCUT2D eigenvalue weighted by Crippen LogP contribution is 2.23. The van der Waals surface area contributed by atoms with Gasteiger partial charge >= 0.3 is 0 Å². The highest BCUT2D eigenvalue weighted by atomic mass is 35.5. The quantitative estimate of drug-likeness (QED) is 0.891. The van der Waals surface area contributed by atoms with Crippen LogP contribution < -0.4 is 10.6 Å². The molecule has 1 aliphatic rings. The molecule has 1 amide bonds. The molecule has 23 heavy (non-hydrogen) atoms. The molecule has 0 spiro atoms. The zero-order valence-corrected chi connectivity index (χ0v) is 13.5. The minimum atomic E-state index is -0.110. The van der Waals surface area contributed by atoms with Crippen LogP contribution in [0, 0.1) is 0 Å². The van der Waals surface area contributed by atoms with Crippen molar-refractivity contribution in [3.8, 4) is 0 Å². The van der Waals surface area contributed by atoms with Crippen molar-refractivity contribution in [2.75, 3.05) is 5.32 Å². The van der Waals surface area contributed by atoms with Gasteiger partial charge in [-0.1, -0.05) is 43.0 Å². The smallest absolute Gasteiger partial charge is 0.254 e. The minimum Gasteiger partial charge on any atom is -0.349 e. The van der Waals surface area contributed by atoms with Crippen LogP contribution >= 0.6 is 11.6 Å². The average molecular weight is 331 g/mol. The Bertz CT molecular complexity index is 669. The Morgan fingerprint density at radius 2 is 1.78 bits per heavy atom. The van der Waals surface area contributed by atoms with Crippen LogP contribution in [-0.2, 0) is 0 Å². The highest BCUT2D eigenvalue weighted by molar-refractivity contribution is 6.33. The Hall–Kier alpha value is -2.14. The van der Waals surface area contributed by atoms with Crippen molar-refractivity contribution in [1.82, 2.24) is 15.3 Å². The maximum atomic E-state index is 12.2. The Morgan fingerprint density at radius 3 is 2.48 bits per heavy atom. The molecule has 0 bridgehead atoms. The first-order chi connectivity index (χ1) is 11.2. The number of para-hydroxylation sites is 1. The van der Waals surface area contributed by atoms with Gasteiger partial charge in [-0.2, -0.15) is 0 Å². The van der Waals surface area contributed by atoms with E-state index in [-0.39, 0.29) is 11.9 Å². The van der Waals surface area contributed by atoms with Crippen molar-refractivity contribution in [3.63, 3.8) is 0 Å². The molecular formula is C17H19ClN4O. The fraction of sp³-hybridized carbons (Fsp3) is 0.353. The summed E-state index contributed by atoms with van der Waals surface area (Å²) in [6, 6.07) is 7.63. The number of hydrogen-bond acceptors (Lipinski definition) is 4. The molecule has 0 radical (unpaired) electrons. The second-order valence-corrected chi connectivity index (χ2v) is 6.12. The normalized spacial score (nSPS) is 15.2. The van der Waals surface area contributed by atoms with Crippen LogP contribution in [0.2, 0.25) is 5.02 Å². The number of hydrogen-bond donors (Lipinski definition) is 2. The monoisotopic (exact) mass is 330 g/mol. The summed E-state index contributed by atoms with van der Waals surface area (Å²) in [5.74, 6) is 0.300. The van der Waals surface area contributed by atoms with Gasteiger partial charge in [0.25, 0.3) is 5.91 Å². The molecule has 6 heteroatoms. The molecular weight excluding hydrogens is 312 g/mol. The van der Waals surface area contributed by atoms with Crippen LogP contribution in [0.4, 0.5) is 11.6 Å². The fourth-order valence-corrected chi connectivity index (χ4v) is 2.89. The summed E-state index contributed by atoms with van der Waals surface area (Å²) in [5.41, 5.74) is 1.20. The SMILES string of the molecule is O=C(NC1CCCCC1)c1cnc(Nc2ccccc2Cl)nc1. The second-order valence-electron chi connectivity index (χ2n) is 5.71. The van der Waals surface area contributed by atoms with Crippen LogP contribution in [0.3, 0.4) is 0 Å². The predicted octanol–water partition coefficient (Wildman–Crippen LogP) is 3.94. The van der Waals surface area contributed by atoms with Crippen molar-refractivity contribution < 1.29 is 4.79 Å². The molecule has 0 atom stereocenters. The van der Waals surface area contributed by atoms with Gasteiger partial charge in [0.05, 0.1) is 16.3 Å². The lowest BCUT2D eigenvalue weighted by molar-refractivity contribution is 0.0927. The van der Waals surface area contributed by atoms with Gasteiger partial charge in [-0.15, -0.1) is 0 Å². The van der Waals surface area contributed by atoms with E-state index < -0.39 is 0 Å². The lowest BCUT2D eigenvalue weighted by Crippen LogP contribution is -2.36. The molecule has 1 fully saturated rings. The number of rotatable bonds is 4. The van der Waals surface area contributed by atoms with Crippen molar-refractivity contribution >= 4 is 29.1 Å². The van der Waals surface area contributed by atoms with E-state index in [2.05, 4.69) is 20.6 Å². The van der Waals surface area contributed by atoms with Crippen molar-refractivity contribution in [3.05, 3.63) is 47.2 Å². The number of aromatic nitrogens is 2. The third-order valence-electron chi connectivity index (χ3n) is 3.97. The van der Waals surface area contributed by atoms with Gasteiger partial charge in [0.1, 0.15) is 0 Å². The Labute approximate surface area is 140 Å². The lowest BCUT2D eigenvalue weighted by Gasteiger charge is -2.22. The van der Waals surface area contributed by atoms with E-state index in [1.54, 1.807) is 6.07 Å². The van der Waals surface area contributed by atoms with Crippen molar-refractivity contribution in [2.45, 2.75) is 38.1 Å². The van der Waals surface area contributed by atoms with Crippen LogP contribution in [0.15, 0.2) is 36.7 Å². The molecule has 3 rings (SSSR count). The maximum absolute atomic E-state index is 12.2. The minimum absolute atomic E-state index is 0.110. The van der Waals surface area contributed by atoms with Crippen LogP contribution in [0.1, 0.15) is 42.5 Å². The van der Waals surface area contributed by atoms with E-state index in [9.17, 15) is 4.79 Å². The summed E-state index contributed by atoms with van der Waals surface area (Å²) in [5, 5.41) is 6.68. The third kappa shape index (κ3) is 4.20. The second kappa shape index (κ2) is 7.42. The lowest BCUT2D eigenvalue weighted by atomic mass is 9.95. The van der Waals surface area contributed by atoms with Gasteiger partial charge < -0.3 is 10.6 Å². The van der Waals surface area contributed by atoms with Crippen LogP contribution in [-0.4, -0.2) is 21.9 Å². The average Bonchev–Trinajstić information content (AvgIpc) is 2.58. The number of nitrogens with zero attached hydrogens (tertiary/aromatic N) is 2. The first-order valence-corrected chi connectivity index (χ1v) is 8.24. The van der Waals surface area contributed by atoms with Gasteiger partial charge in [-0.3, -0.25) is 4.79 Å². The van der Waals surface area contributed by atoms with Gasteiger partial charge in [0.15, 0.2) is 0 Å². The zero-order valence-electron chi connectivity index (χ0n) is 12.8. The van der Waals surface area contributed by atoms with E-state index in [1.165, 1.54) is 31.7 Å². The summed E-state index contributed by atoms with van der Waals surface area (Å²) < 4.78 is 0. The highest BCUT2D eigenvalue weighted by Gasteiger charge is 2.17. The standard InChI is InChI=1S/C17H19ClN4O/c18-14-8-4-5-9-15(14)22-17-19-10-12(11-20-17)16(23)21-13-6-2-1-3-7-13/h4-5,8-11,13H,1-3,6-7H2,(H,21,23)(H,19,20,22). The maximum Gasteiger partial charge on any atom is 0.254 e. The predicted molar refractivity (Wildman–Crippen MR) is 91.1 cm³/mol.